The molecule has 0 saturated heterocycles. The quantitative estimate of drug-likeness (QED) is 0.662. The first-order valence-corrected chi connectivity index (χ1v) is 8.45. The summed E-state index contributed by atoms with van der Waals surface area (Å²) >= 11 is 0. The van der Waals surface area contributed by atoms with E-state index in [2.05, 4.69) is 15.8 Å². The molecule has 0 fully saturated rings. The van der Waals surface area contributed by atoms with E-state index in [0.29, 0.717) is 5.56 Å². The van der Waals surface area contributed by atoms with Gasteiger partial charge in [-0.25, -0.2) is 0 Å². The lowest BCUT2D eigenvalue weighted by Gasteiger charge is -2.19. The molecular weight excluding hydrogens is 342 g/mol. The average Bonchev–Trinajstić information content (AvgIpc) is 2.74. The van der Waals surface area contributed by atoms with Crippen molar-refractivity contribution in [1.29, 1.82) is 0 Å². The van der Waals surface area contributed by atoms with Gasteiger partial charge in [0.15, 0.2) is 0 Å². The standard InChI is InChI=1S/C21H19N3O3/c25-19(23-24-21(26)18-12-7-13-22-14-18)15-27-20(16-8-3-1-4-9-16)17-10-5-2-6-11-17/h1-14,20H,15H2,(H,23,25)(H,24,26). The van der Waals surface area contributed by atoms with E-state index >= 15 is 0 Å². The van der Waals surface area contributed by atoms with Gasteiger partial charge in [-0.15, -0.1) is 0 Å². The Morgan fingerprint density at radius 1 is 0.852 bits per heavy atom. The number of nitrogens with zero attached hydrogens (tertiary/aromatic N) is 1. The smallest absolute Gasteiger partial charge is 0.271 e. The highest BCUT2D eigenvalue weighted by atomic mass is 16.5. The van der Waals surface area contributed by atoms with Crippen LogP contribution in [0.3, 0.4) is 0 Å². The van der Waals surface area contributed by atoms with Crippen molar-refractivity contribution in [2.24, 2.45) is 0 Å². The summed E-state index contributed by atoms with van der Waals surface area (Å²) in [6.07, 6.45) is 2.60. The lowest BCUT2D eigenvalue weighted by molar-refractivity contribution is -0.127. The Kier molecular flexibility index (Phi) is 6.27. The molecule has 0 aliphatic carbocycles. The number of nitrogens with one attached hydrogen (secondary N) is 2. The molecule has 0 aliphatic rings. The van der Waals surface area contributed by atoms with Crippen molar-refractivity contribution < 1.29 is 14.3 Å². The van der Waals surface area contributed by atoms with Crippen molar-refractivity contribution in [1.82, 2.24) is 15.8 Å². The third-order valence-electron chi connectivity index (χ3n) is 3.82. The van der Waals surface area contributed by atoms with Crippen LogP contribution in [0, 0.1) is 0 Å². The van der Waals surface area contributed by atoms with Crippen LogP contribution in [-0.4, -0.2) is 23.4 Å². The molecule has 136 valence electrons. The zero-order valence-electron chi connectivity index (χ0n) is 14.5. The van der Waals surface area contributed by atoms with Crippen LogP contribution in [0.15, 0.2) is 85.2 Å². The highest BCUT2D eigenvalue weighted by Gasteiger charge is 2.16. The van der Waals surface area contributed by atoms with Gasteiger partial charge in [-0.1, -0.05) is 60.7 Å². The fourth-order valence-corrected chi connectivity index (χ4v) is 2.53. The molecule has 0 radical (unpaired) electrons. The van der Waals surface area contributed by atoms with Gasteiger partial charge in [0.1, 0.15) is 12.7 Å². The van der Waals surface area contributed by atoms with Gasteiger partial charge in [-0.3, -0.25) is 25.4 Å². The molecular formula is C21H19N3O3. The summed E-state index contributed by atoms with van der Waals surface area (Å²) < 4.78 is 5.84. The normalized spacial score (nSPS) is 10.4. The summed E-state index contributed by atoms with van der Waals surface area (Å²) in [6.45, 7) is -0.207. The second-order valence-electron chi connectivity index (χ2n) is 5.76. The second kappa shape index (κ2) is 9.26. The predicted octanol–water partition coefficient (Wildman–Crippen LogP) is 2.65. The third-order valence-corrected chi connectivity index (χ3v) is 3.82. The van der Waals surface area contributed by atoms with Gasteiger partial charge < -0.3 is 4.74 Å². The average molecular weight is 361 g/mol. The third kappa shape index (κ3) is 5.23. The molecule has 0 saturated carbocycles. The van der Waals surface area contributed by atoms with E-state index in [-0.39, 0.29) is 12.7 Å². The summed E-state index contributed by atoms with van der Waals surface area (Å²) in [5, 5.41) is 0. The summed E-state index contributed by atoms with van der Waals surface area (Å²) in [4.78, 5) is 27.9. The molecule has 0 spiro atoms. The molecule has 6 heteroatoms. The molecule has 2 amide bonds. The van der Waals surface area contributed by atoms with E-state index in [9.17, 15) is 9.59 Å². The van der Waals surface area contributed by atoms with Gasteiger partial charge in [0, 0.05) is 12.4 Å². The van der Waals surface area contributed by atoms with Gasteiger partial charge >= 0.3 is 0 Å². The lowest BCUT2D eigenvalue weighted by atomic mass is 10.0. The zero-order chi connectivity index (χ0) is 18.9. The van der Waals surface area contributed by atoms with Crippen molar-refractivity contribution in [3.05, 3.63) is 102 Å². The molecule has 0 bridgehead atoms. The van der Waals surface area contributed by atoms with Crippen LogP contribution in [0.25, 0.3) is 0 Å². The van der Waals surface area contributed by atoms with Gasteiger partial charge in [0.25, 0.3) is 11.8 Å². The molecule has 27 heavy (non-hydrogen) atoms. The fourth-order valence-electron chi connectivity index (χ4n) is 2.53. The minimum absolute atomic E-state index is 0.207. The van der Waals surface area contributed by atoms with Crippen LogP contribution in [0.2, 0.25) is 0 Å². The van der Waals surface area contributed by atoms with E-state index in [4.69, 9.17) is 4.74 Å². The molecule has 0 aliphatic heterocycles. The number of amides is 2. The van der Waals surface area contributed by atoms with Crippen LogP contribution in [0.5, 0.6) is 0 Å². The van der Waals surface area contributed by atoms with Crippen LogP contribution in [0.1, 0.15) is 27.6 Å². The summed E-state index contributed by atoms with van der Waals surface area (Å²) in [7, 11) is 0. The number of rotatable bonds is 6. The molecule has 1 heterocycles. The topological polar surface area (TPSA) is 80.3 Å². The SMILES string of the molecule is O=C(COC(c1ccccc1)c1ccccc1)NNC(=O)c1cccnc1. The Labute approximate surface area is 157 Å². The monoisotopic (exact) mass is 361 g/mol. The van der Waals surface area contributed by atoms with Crippen LogP contribution < -0.4 is 10.9 Å². The van der Waals surface area contributed by atoms with Crippen molar-refractivity contribution >= 4 is 11.8 Å². The molecule has 2 N–H and O–H groups in total. The maximum Gasteiger partial charge on any atom is 0.271 e. The Morgan fingerprint density at radius 3 is 2.04 bits per heavy atom. The van der Waals surface area contributed by atoms with E-state index in [0.717, 1.165) is 11.1 Å². The number of ether oxygens (including phenoxy) is 1. The van der Waals surface area contributed by atoms with Crippen LogP contribution in [0.4, 0.5) is 0 Å². The zero-order valence-corrected chi connectivity index (χ0v) is 14.5. The first-order valence-electron chi connectivity index (χ1n) is 8.45. The number of benzene rings is 2. The fraction of sp³-hybridized carbons (Fsp3) is 0.0952. The number of hydrazine groups is 1. The lowest BCUT2D eigenvalue weighted by Crippen LogP contribution is -2.43. The van der Waals surface area contributed by atoms with E-state index in [1.807, 2.05) is 60.7 Å². The summed E-state index contributed by atoms with van der Waals surface area (Å²) in [5.41, 5.74) is 6.92. The van der Waals surface area contributed by atoms with Crippen molar-refractivity contribution in [3.63, 3.8) is 0 Å². The number of carbonyl (C=O) groups excluding carboxylic acids is 2. The Morgan fingerprint density at radius 2 is 1.48 bits per heavy atom. The number of hydrogen-bond donors (Lipinski definition) is 2. The van der Waals surface area contributed by atoms with Crippen molar-refractivity contribution in [3.8, 4) is 0 Å². The highest BCUT2D eigenvalue weighted by Crippen LogP contribution is 2.25. The van der Waals surface area contributed by atoms with Gasteiger partial charge in [0.2, 0.25) is 0 Å². The van der Waals surface area contributed by atoms with Gasteiger partial charge in [0.05, 0.1) is 5.56 Å². The Balaban J connectivity index is 1.59. The number of carbonyl (C=O) groups is 2. The van der Waals surface area contributed by atoms with E-state index in [1.54, 1.807) is 18.3 Å². The van der Waals surface area contributed by atoms with Gasteiger partial charge in [-0.2, -0.15) is 0 Å². The predicted molar refractivity (Wildman–Crippen MR) is 101 cm³/mol. The number of pyridine rings is 1. The molecule has 3 rings (SSSR count). The Bertz CT molecular complexity index is 831. The molecule has 0 unspecified atom stereocenters. The van der Waals surface area contributed by atoms with Crippen molar-refractivity contribution in [2.45, 2.75) is 6.10 Å². The minimum Gasteiger partial charge on any atom is -0.359 e. The van der Waals surface area contributed by atoms with Crippen molar-refractivity contribution in [2.75, 3.05) is 6.61 Å². The molecule has 6 nitrogen and oxygen atoms in total. The maximum absolute atomic E-state index is 12.1. The number of aromatic nitrogens is 1. The minimum atomic E-state index is -0.455. The first kappa shape index (κ1) is 18.3. The molecule has 0 atom stereocenters. The van der Waals surface area contributed by atoms with Gasteiger partial charge in [-0.05, 0) is 23.3 Å². The van der Waals surface area contributed by atoms with E-state index in [1.165, 1.54) is 6.20 Å². The summed E-state index contributed by atoms with van der Waals surface area (Å²) in [6, 6.07) is 22.5. The largest absolute Gasteiger partial charge is 0.359 e. The second-order valence-corrected chi connectivity index (χ2v) is 5.76. The summed E-state index contributed by atoms with van der Waals surface area (Å²) in [5.74, 6) is -0.900. The first-order chi connectivity index (χ1) is 13.2. The van der Waals surface area contributed by atoms with E-state index < -0.39 is 11.8 Å². The molecule has 1 aromatic heterocycles. The number of hydrogen-bond acceptors (Lipinski definition) is 4. The molecule has 2 aromatic carbocycles. The Hall–Kier alpha value is -3.51. The highest BCUT2D eigenvalue weighted by molar-refractivity contribution is 5.95. The molecule has 3 aromatic rings. The van der Waals surface area contributed by atoms with Crippen LogP contribution in [-0.2, 0) is 9.53 Å². The maximum atomic E-state index is 12.1. The van der Waals surface area contributed by atoms with Crippen LogP contribution >= 0.6 is 0 Å².